The molecule has 0 aromatic heterocycles. The fourth-order valence-electron chi connectivity index (χ4n) is 2.33. The Hall–Kier alpha value is -2.09. The number of para-hydroxylation sites is 1. The fraction of sp³-hybridized carbons (Fsp3) is 0.467. The minimum absolute atomic E-state index is 0.00953. The summed E-state index contributed by atoms with van der Waals surface area (Å²) in [6, 6.07) is 3.80. The molecule has 0 bridgehead atoms. The average Bonchev–Trinajstić information content (AvgIpc) is 3.28. The summed E-state index contributed by atoms with van der Waals surface area (Å²) in [7, 11) is 0. The quantitative estimate of drug-likeness (QED) is 0.841. The summed E-state index contributed by atoms with van der Waals surface area (Å²) >= 11 is 0. The van der Waals surface area contributed by atoms with Gasteiger partial charge in [0.15, 0.2) is 0 Å². The van der Waals surface area contributed by atoms with Crippen LogP contribution in [0.5, 0.6) is 0 Å². The molecule has 2 rings (SSSR count). The van der Waals surface area contributed by atoms with Crippen molar-refractivity contribution >= 4 is 17.6 Å². The van der Waals surface area contributed by atoms with Gasteiger partial charge in [0.05, 0.1) is 17.8 Å². The number of rotatable bonds is 6. The number of carbonyl (C=O) groups is 2. The number of halogens is 3. The van der Waals surface area contributed by atoms with Gasteiger partial charge in [-0.3, -0.25) is 14.5 Å². The van der Waals surface area contributed by atoms with Crippen molar-refractivity contribution in [2.75, 3.05) is 11.9 Å². The number of carboxylic acids is 1. The lowest BCUT2D eigenvalue weighted by molar-refractivity contribution is -0.143. The van der Waals surface area contributed by atoms with Gasteiger partial charge in [-0.1, -0.05) is 12.1 Å². The monoisotopic (exact) mass is 330 g/mol. The minimum Gasteiger partial charge on any atom is -0.480 e. The second-order valence-electron chi connectivity index (χ2n) is 5.51. The lowest BCUT2D eigenvalue weighted by Crippen LogP contribution is -2.44. The van der Waals surface area contributed by atoms with Gasteiger partial charge in [0.2, 0.25) is 5.91 Å². The van der Waals surface area contributed by atoms with Crippen molar-refractivity contribution in [1.29, 1.82) is 0 Å². The molecule has 5 nitrogen and oxygen atoms in total. The summed E-state index contributed by atoms with van der Waals surface area (Å²) in [4.78, 5) is 24.6. The zero-order valence-electron chi connectivity index (χ0n) is 12.4. The van der Waals surface area contributed by atoms with Crippen LogP contribution in [0.1, 0.15) is 25.3 Å². The van der Waals surface area contributed by atoms with Gasteiger partial charge >= 0.3 is 12.1 Å². The third-order valence-corrected chi connectivity index (χ3v) is 3.70. The number of amides is 1. The molecule has 0 saturated heterocycles. The first kappa shape index (κ1) is 17.3. The van der Waals surface area contributed by atoms with Crippen LogP contribution in [-0.4, -0.2) is 40.5 Å². The van der Waals surface area contributed by atoms with E-state index in [0.717, 1.165) is 18.9 Å². The molecule has 0 aliphatic heterocycles. The van der Waals surface area contributed by atoms with E-state index < -0.39 is 29.7 Å². The maximum absolute atomic E-state index is 12.9. The third kappa shape index (κ3) is 4.44. The highest BCUT2D eigenvalue weighted by Gasteiger charge is 2.37. The molecule has 1 atom stereocenters. The molecule has 1 amide bonds. The largest absolute Gasteiger partial charge is 0.480 e. The van der Waals surface area contributed by atoms with Gasteiger partial charge in [-0.25, -0.2) is 0 Å². The molecule has 0 heterocycles. The van der Waals surface area contributed by atoms with Crippen LogP contribution >= 0.6 is 0 Å². The molecule has 23 heavy (non-hydrogen) atoms. The zero-order valence-corrected chi connectivity index (χ0v) is 12.4. The van der Waals surface area contributed by atoms with Gasteiger partial charge in [0.1, 0.15) is 6.04 Å². The van der Waals surface area contributed by atoms with E-state index in [2.05, 4.69) is 5.32 Å². The number of hydrogen-bond acceptors (Lipinski definition) is 3. The van der Waals surface area contributed by atoms with Crippen LogP contribution in [0.2, 0.25) is 0 Å². The van der Waals surface area contributed by atoms with Crippen molar-refractivity contribution < 1.29 is 27.9 Å². The third-order valence-electron chi connectivity index (χ3n) is 3.70. The molecule has 0 radical (unpaired) electrons. The molecule has 1 aliphatic carbocycles. The van der Waals surface area contributed by atoms with E-state index in [-0.39, 0.29) is 18.3 Å². The van der Waals surface area contributed by atoms with E-state index in [0.29, 0.717) is 0 Å². The Kier molecular flexibility index (Phi) is 4.93. The van der Waals surface area contributed by atoms with Crippen molar-refractivity contribution in [2.45, 2.75) is 38.0 Å². The van der Waals surface area contributed by atoms with E-state index in [4.69, 9.17) is 5.11 Å². The number of carbonyl (C=O) groups excluding carboxylic acids is 1. The predicted molar refractivity (Wildman–Crippen MR) is 76.9 cm³/mol. The molecule has 1 aliphatic rings. The Balaban J connectivity index is 2.09. The van der Waals surface area contributed by atoms with Gasteiger partial charge in [0, 0.05) is 6.04 Å². The smallest absolute Gasteiger partial charge is 0.418 e. The highest BCUT2D eigenvalue weighted by Crippen LogP contribution is 2.34. The Morgan fingerprint density at radius 3 is 2.48 bits per heavy atom. The molecule has 126 valence electrons. The standard InChI is InChI=1S/C15H17F3N2O3/c1-9(14(22)23)20(10-6-7-10)8-13(21)19-12-5-3-2-4-11(12)15(16,17)18/h2-5,9-10H,6-8H2,1H3,(H,19,21)(H,22,23). The number of carboxylic acid groups (broad SMARTS) is 1. The van der Waals surface area contributed by atoms with Gasteiger partial charge < -0.3 is 10.4 Å². The van der Waals surface area contributed by atoms with Crippen LogP contribution in [0, 0.1) is 0 Å². The van der Waals surface area contributed by atoms with Crippen molar-refractivity contribution in [3.05, 3.63) is 29.8 Å². The van der Waals surface area contributed by atoms with Crippen LogP contribution in [0.3, 0.4) is 0 Å². The van der Waals surface area contributed by atoms with Crippen LogP contribution in [0.25, 0.3) is 0 Å². The topological polar surface area (TPSA) is 69.6 Å². The second kappa shape index (κ2) is 6.57. The lowest BCUT2D eigenvalue weighted by Gasteiger charge is -2.25. The molecular weight excluding hydrogens is 313 g/mol. The summed E-state index contributed by atoms with van der Waals surface area (Å²) in [5.41, 5.74) is -1.26. The SMILES string of the molecule is CC(C(=O)O)N(CC(=O)Nc1ccccc1C(F)(F)F)C1CC1. The van der Waals surface area contributed by atoms with Crippen LogP contribution in [0.4, 0.5) is 18.9 Å². The maximum Gasteiger partial charge on any atom is 0.418 e. The van der Waals surface area contributed by atoms with E-state index >= 15 is 0 Å². The van der Waals surface area contributed by atoms with Crippen molar-refractivity contribution in [1.82, 2.24) is 4.90 Å². The first-order valence-corrected chi connectivity index (χ1v) is 7.14. The van der Waals surface area contributed by atoms with Gasteiger partial charge in [-0.05, 0) is 31.9 Å². The normalized spacial score (nSPS) is 16.2. The summed E-state index contributed by atoms with van der Waals surface area (Å²) in [5, 5.41) is 11.3. The summed E-state index contributed by atoms with van der Waals surface area (Å²) in [6.45, 7) is 1.20. The van der Waals surface area contributed by atoms with Gasteiger partial charge in [-0.15, -0.1) is 0 Å². The van der Waals surface area contributed by atoms with Crippen LogP contribution in [-0.2, 0) is 15.8 Å². The number of nitrogens with zero attached hydrogens (tertiary/aromatic N) is 1. The number of anilines is 1. The number of benzene rings is 1. The Bertz CT molecular complexity index is 600. The summed E-state index contributed by atoms with van der Waals surface area (Å²) < 4.78 is 38.7. The molecule has 1 fully saturated rings. The van der Waals surface area contributed by atoms with Crippen molar-refractivity contribution in [2.24, 2.45) is 0 Å². The number of nitrogens with one attached hydrogen (secondary N) is 1. The zero-order chi connectivity index (χ0) is 17.2. The van der Waals surface area contributed by atoms with E-state index in [1.807, 2.05) is 0 Å². The highest BCUT2D eigenvalue weighted by atomic mass is 19.4. The van der Waals surface area contributed by atoms with Crippen molar-refractivity contribution in [3.63, 3.8) is 0 Å². The van der Waals surface area contributed by atoms with Gasteiger partial charge in [-0.2, -0.15) is 13.2 Å². The second-order valence-corrected chi connectivity index (χ2v) is 5.51. The maximum atomic E-state index is 12.9. The van der Waals surface area contributed by atoms with E-state index in [9.17, 15) is 22.8 Å². The fourth-order valence-corrected chi connectivity index (χ4v) is 2.33. The van der Waals surface area contributed by atoms with Crippen LogP contribution in [0.15, 0.2) is 24.3 Å². The molecule has 2 N–H and O–H groups in total. The average molecular weight is 330 g/mol. The molecule has 0 spiro atoms. The number of alkyl halides is 3. The predicted octanol–water partition coefficient (Wildman–Crippen LogP) is 2.58. The number of aliphatic carboxylic acids is 1. The molecule has 1 saturated carbocycles. The Morgan fingerprint density at radius 1 is 1.35 bits per heavy atom. The molecule has 1 aromatic carbocycles. The summed E-state index contributed by atoms with van der Waals surface area (Å²) in [5.74, 6) is -1.73. The van der Waals surface area contributed by atoms with Crippen molar-refractivity contribution in [3.8, 4) is 0 Å². The van der Waals surface area contributed by atoms with E-state index in [1.165, 1.54) is 30.0 Å². The Morgan fingerprint density at radius 2 is 1.96 bits per heavy atom. The first-order valence-electron chi connectivity index (χ1n) is 7.14. The Labute approximate surface area is 131 Å². The first-order chi connectivity index (χ1) is 10.7. The molecule has 1 aromatic rings. The summed E-state index contributed by atoms with van der Waals surface area (Å²) in [6.07, 6.45) is -3.01. The highest BCUT2D eigenvalue weighted by molar-refractivity contribution is 5.93. The molecule has 8 heteroatoms. The minimum atomic E-state index is -4.57. The van der Waals surface area contributed by atoms with Crippen LogP contribution < -0.4 is 5.32 Å². The van der Waals surface area contributed by atoms with E-state index in [1.54, 1.807) is 0 Å². The molecule has 1 unspecified atom stereocenters. The molecular formula is C15H17F3N2O3. The lowest BCUT2D eigenvalue weighted by atomic mass is 10.1. The number of hydrogen-bond donors (Lipinski definition) is 2. The van der Waals surface area contributed by atoms with Gasteiger partial charge in [0.25, 0.3) is 0 Å².